The number of hydrogen-bond acceptors (Lipinski definition) is 4. The fourth-order valence-electron chi connectivity index (χ4n) is 2.74. The first-order chi connectivity index (χ1) is 14.3. The molecule has 1 atom stereocenters. The second kappa shape index (κ2) is 9.89. The van der Waals surface area contributed by atoms with Gasteiger partial charge in [-0.05, 0) is 42.0 Å². The van der Waals surface area contributed by atoms with Gasteiger partial charge in [0, 0.05) is 45.4 Å². The Morgan fingerprint density at radius 3 is 2.37 bits per heavy atom. The summed E-state index contributed by atoms with van der Waals surface area (Å²) in [5, 5.41) is 15.0. The number of nitrogens with one attached hydrogen (secondary N) is 3. The van der Waals surface area contributed by atoms with E-state index in [2.05, 4.69) is 10.6 Å². The van der Waals surface area contributed by atoms with E-state index in [1.807, 2.05) is 36.4 Å². The topological polar surface area (TPSA) is 82.1 Å². The van der Waals surface area contributed by atoms with E-state index in [9.17, 15) is 9.00 Å². The summed E-state index contributed by atoms with van der Waals surface area (Å²) in [6, 6.07) is 19.3. The van der Waals surface area contributed by atoms with Crippen LogP contribution >= 0.6 is 23.2 Å². The Morgan fingerprint density at radius 1 is 1.00 bits per heavy atom. The SMILES string of the molecule is CS(=O)c1ccc(CNc2ccccc2C(=N)C(=O)Nc2ccc(Cl)c(Cl)c2)cc1. The second-order valence-corrected chi connectivity index (χ2v) is 8.65. The van der Waals surface area contributed by atoms with Gasteiger partial charge in [-0.2, -0.15) is 0 Å². The fraction of sp³-hybridized carbons (Fsp3) is 0.0909. The molecular formula is C22H19Cl2N3O2S. The van der Waals surface area contributed by atoms with Crippen molar-refractivity contribution in [3.8, 4) is 0 Å². The van der Waals surface area contributed by atoms with E-state index >= 15 is 0 Å². The molecule has 3 aromatic rings. The predicted molar refractivity (Wildman–Crippen MR) is 124 cm³/mol. The lowest BCUT2D eigenvalue weighted by molar-refractivity contribution is -0.110. The van der Waals surface area contributed by atoms with Crippen molar-refractivity contribution in [2.45, 2.75) is 11.4 Å². The van der Waals surface area contributed by atoms with Crippen molar-refractivity contribution in [1.29, 1.82) is 5.41 Å². The van der Waals surface area contributed by atoms with Gasteiger partial charge in [0.2, 0.25) is 0 Å². The molecule has 154 valence electrons. The molecule has 5 nitrogen and oxygen atoms in total. The highest BCUT2D eigenvalue weighted by Crippen LogP contribution is 2.25. The molecule has 3 aromatic carbocycles. The summed E-state index contributed by atoms with van der Waals surface area (Å²) >= 11 is 11.9. The van der Waals surface area contributed by atoms with Crippen molar-refractivity contribution in [2.24, 2.45) is 0 Å². The zero-order valence-corrected chi connectivity index (χ0v) is 18.4. The largest absolute Gasteiger partial charge is 0.380 e. The van der Waals surface area contributed by atoms with Crippen molar-refractivity contribution in [2.75, 3.05) is 16.9 Å². The van der Waals surface area contributed by atoms with Gasteiger partial charge < -0.3 is 10.6 Å². The van der Waals surface area contributed by atoms with E-state index in [-0.39, 0.29) is 5.71 Å². The van der Waals surface area contributed by atoms with Crippen LogP contribution in [0, 0.1) is 5.41 Å². The monoisotopic (exact) mass is 459 g/mol. The number of carbonyl (C=O) groups is 1. The molecule has 0 saturated heterocycles. The lowest BCUT2D eigenvalue weighted by Gasteiger charge is -2.13. The predicted octanol–water partition coefficient (Wildman–Crippen LogP) is 5.35. The smallest absolute Gasteiger partial charge is 0.274 e. The van der Waals surface area contributed by atoms with E-state index in [1.165, 1.54) is 6.07 Å². The number of hydrogen-bond donors (Lipinski definition) is 3. The van der Waals surface area contributed by atoms with Gasteiger partial charge in [-0.15, -0.1) is 0 Å². The second-order valence-electron chi connectivity index (χ2n) is 6.46. The Kier molecular flexibility index (Phi) is 7.26. The van der Waals surface area contributed by atoms with Gasteiger partial charge in [-0.3, -0.25) is 14.4 Å². The van der Waals surface area contributed by atoms with Gasteiger partial charge >= 0.3 is 0 Å². The van der Waals surface area contributed by atoms with Crippen LogP contribution < -0.4 is 10.6 Å². The number of carbonyl (C=O) groups excluding carboxylic acids is 1. The molecule has 0 radical (unpaired) electrons. The van der Waals surface area contributed by atoms with Gasteiger partial charge in [0.15, 0.2) is 0 Å². The lowest BCUT2D eigenvalue weighted by Crippen LogP contribution is -2.24. The number of para-hydroxylation sites is 1. The minimum Gasteiger partial charge on any atom is -0.380 e. The van der Waals surface area contributed by atoms with Crippen LogP contribution in [0.2, 0.25) is 10.0 Å². The van der Waals surface area contributed by atoms with Crippen LogP contribution in [0.3, 0.4) is 0 Å². The van der Waals surface area contributed by atoms with Crippen LogP contribution in [0.4, 0.5) is 11.4 Å². The number of amides is 1. The molecule has 0 spiro atoms. The zero-order chi connectivity index (χ0) is 21.7. The first-order valence-corrected chi connectivity index (χ1v) is 11.3. The average molecular weight is 460 g/mol. The van der Waals surface area contributed by atoms with Crippen molar-refractivity contribution >= 4 is 57.0 Å². The van der Waals surface area contributed by atoms with Crippen LogP contribution in [0.5, 0.6) is 0 Å². The Balaban J connectivity index is 1.71. The van der Waals surface area contributed by atoms with E-state index in [0.717, 1.165) is 10.5 Å². The summed E-state index contributed by atoms with van der Waals surface area (Å²) in [7, 11) is -1.02. The molecular weight excluding hydrogens is 441 g/mol. The van der Waals surface area contributed by atoms with Gasteiger partial charge in [0.05, 0.1) is 10.0 Å². The van der Waals surface area contributed by atoms with Crippen molar-refractivity contribution in [3.05, 3.63) is 87.9 Å². The Labute approximate surface area is 187 Å². The molecule has 1 unspecified atom stereocenters. The third-order valence-corrected chi connectivity index (χ3v) is 6.01. The molecule has 0 bridgehead atoms. The molecule has 3 rings (SSSR count). The normalized spacial score (nSPS) is 11.6. The summed E-state index contributed by atoms with van der Waals surface area (Å²) in [6.07, 6.45) is 1.64. The quantitative estimate of drug-likeness (QED) is 0.416. The molecule has 8 heteroatoms. The molecule has 1 amide bonds. The van der Waals surface area contributed by atoms with Crippen LogP contribution in [0.1, 0.15) is 11.1 Å². The first-order valence-electron chi connectivity index (χ1n) is 8.95. The van der Waals surface area contributed by atoms with E-state index in [0.29, 0.717) is 33.5 Å². The highest BCUT2D eigenvalue weighted by atomic mass is 35.5. The summed E-state index contributed by atoms with van der Waals surface area (Å²) in [4.78, 5) is 13.3. The Morgan fingerprint density at radius 2 is 1.70 bits per heavy atom. The van der Waals surface area contributed by atoms with E-state index in [1.54, 1.807) is 30.5 Å². The zero-order valence-electron chi connectivity index (χ0n) is 16.0. The molecule has 3 N–H and O–H groups in total. The number of anilines is 2. The molecule has 0 aromatic heterocycles. The lowest BCUT2D eigenvalue weighted by atomic mass is 10.1. The first kappa shape index (κ1) is 22.0. The van der Waals surface area contributed by atoms with Crippen LogP contribution in [-0.2, 0) is 22.1 Å². The molecule has 0 saturated carbocycles. The summed E-state index contributed by atoms with van der Waals surface area (Å²) < 4.78 is 11.5. The third-order valence-electron chi connectivity index (χ3n) is 4.34. The van der Waals surface area contributed by atoms with Crippen LogP contribution in [0.15, 0.2) is 71.6 Å². The van der Waals surface area contributed by atoms with Crippen molar-refractivity contribution in [3.63, 3.8) is 0 Å². The molecule has 30 heavy (non-hydrogen) atoms. The minimum absolute atomic E-state index is 0.180. The fourth-order valence-corrected chi connectivity index (χ4v) is 3.56. The maximum absolute atomic E-state index is 12.6. The summed E-state index contributed by atoms with van der Waals surface area (Å²) in [6.45, 7) is 0.495. The van der Waals surface area contributed by atoms with Gasteiger partial charge in [-0.1, -0.05) is 53.5 Å². The number of rotatable bonds is 7. The van der Waals surface area contributed by atoms with Crippen LogP contribution in [-0.4, -0.2) is 22.1 Å². The Hall–Kier alpha value is -2.67. The van der Waals surface area contributed by atoms with E-state index < -0.39 is 16.7 Å². The van der Waals surface area contributed by atoms with Crippen molar-refractivity contribution < 1.29 is 9.00 Å². The molecule has 0 aliphatic heterocycles. The van der Waals surface area contributed by atoms with E-state index in [4.69, 9.17) is 28.6 Å². The standard InChI is InChI=1S/C22H19Cl2N3O2S/c1-30(29)16-9-6-14(7-10-16)13-26-20-5-3-2-4-17(20)21(25)22(28)27-15-8-11-18(23)19(24)12-15/h2-12,25-26H,13H2,1H3,(H,27,28). The highest BCUT2D eigenvalue weighted by Gasteiger charge is 2.16. The minimum atomic E-state index is -1.02. The van der Waals surface area contributed by atoms with Gasteiger partial charge in [0.25, 0.3) is 5.91 Å². The van der Waals surface area contributed by atoms with Crippen LogP contribution in [0.25, 0.3) is 0 Å². The number of benzene rings is 3. The summed E-state index contributed by atoms with van der Waals surface area (Å²) in [5.41, 5.74) is 2.40. The molecule has 0 aliphatic rings. The Bertz CT molecular complexity index is 1120. The van der Waals surface area contributed by atoms with Gasteiger partial charge in [0.1, 0.15) is 5.71 Å². The third kappa shape index (κ3) is 5.48. The van der Waals surface area contributed by atoms with Crippen molar-refractivity contribution in [1.82, 2.24) is 0 Å². The highest BCUT2D eigenvalue weighted by molar-refractivity contribution is 7.84. The molecule has 0 heterocycles. The van der Waals surface area contributed by atoms with Gasteiger partial charge in [-0.25, -0.2) is 0 Å². The molecule has 0 aliphatic carbocycles. The maximum Gasteiger partial charge on any atom is 0.274 e. The maximum atomic E-state index is 12.6. The average Bonchev–Trinajstić information content (AvgIpc) is 2.74. The molecule has 0 fully saturated rings. The number of halogens is 2. The summed E-state index contributed by atoms with van der Waals surface area (Å²) in [5.74, 6) is -0.558.